The van der Waals surface area contributed by atoms with Gasteiger partial charge in [-0.3, -0.25) is 9.80 Å². The zero-order valence-corrected chi connectivity index (χ0v) is 20.3. The molecule has 2 aromatic rings. The van der Waals surface area contributed by atoms with Crippen LogP contribution in [0, 0.1) is 0 Å². The highest BCUT2D eigenvalue weighted by molar-refractivity contribution is 7.90. The van der Waals surface area contributed by atoms with Crippen molar-refractivity contribution < 1.29 is 39.9 Å². The van der Waals surface area contributed by atoms with Crippen molar-refractivity contribution in [1.29, 1.82) is 0 Å². The van der Waals surface area contributed by atoms with Crippen LogP contribution in [0.15, 0.2) is 29.4 Å². The summed E-state index contributed by atoms with van der Waals surface area (Å²) in [6.45, 7) is -0.268. The highest BCUT2D eigenvalue weighted by Gasteiger charge is 2.52. The summed E-state index contributed by atoms with van der Waals surface area (Å²) in [7, 11) is -4.66. The van der Waals surface area contributed by atoms with Crippen molar-refractivity contribution in [2.75, 3.05) is 25.2 Å². The Balaban J connectivity index is 1.45. The van der Waals surface area contributed by atoms with E-state index >= 15 is 0 Å². The molecule has 2 aliphatic rings. The number of sulfonamides is 1. The zero-order chi connectivity index (χ0) is 27.0. The average molecular weight is 551 g/mol. The minimum absolute atomic E-state index is 0.0203. The molecule has 0 saturated carbocycles. The van der Waals surface area contributed by atoms with Crippen LogP contribution in [-0.2, 0) is 34.3 Å². The van der Waals surface area contributed by atoms with E-state index in [1.54, 1.807) is 24.3 Å². The third-order valence-electron chi connectivity index (χ3n) is 5.91. The summed E-state index contributed by atoms with van der Waals surface area (Å²) in [6.07, 6.45) is -0.784. The van der Waals surface area contributed by atoms with Gasteiger partial charge in [0.2, 0.25) is 0 Å². The number of amidine groups is 1. The van der Waals surface area contributed by atoms with E-state index in [2.05, 4.69) is 15.4 Å². The lowest BCUT2D eigenvalue weighted by Gasteiger charge is -2.32. The van der Waals surface area contributed by atoms with Crippen LogP contribution in [0.2, 0.25) is 0 Å². The third-order valence-corrected chi connectivity index (χ3v) is 7.42. The van der Waals surface area contributed by atoms with Crippen molar-refractivity contribution >= 4 is 27.6 Å². The molecular formula is C21H23F5N6O4S. The summed E-state index contributed by atoms with van der Waals surface area (Å²) in [4.78, 5) is 16.7. The van der Waals surface area contributed by atoms with E-state index in [-0.39, 0.29) is 23.1 Å². The standard InChI is InChI=1S/C21H23F5N6O4S/c1-36-20-29-31(10-11-32(20)37(34,35)21(24,25)26)14-7-5-13(6-8-14)12-27-19(33)17-16(18(22)23)28-15-4-2-3-9-30(15)17/h5-8,18H,2-4,9-12H2,1H3,(H,27,33). The zero-order valence-electron chi connectivity index (χ0n) is 19.5. The smallest absolute Gasteiger partial charge is 0.467 e. The normalized spacial score (nSPS) is 16.5. The molecule has 0 fully saturated rings. The number of hydrogen-bond donors (Lipinski definition) is 1. The van der Waals surface area contributed by atoms with Crippen LogP contribution < -0.4 is 10.3 Å². The van der Waals surface area contributed by atoms with Crippen LogP contribution >= 0.6 is 0 Å². The van der Waals surface area contributed by atoms with Crippen LogP contribution in [0.1, 0.15) is 46.8 Å². The highest BCUT2D eigenvalue weighted by Crippen LogP contribution is 2.30. The number of ether oxygens (including phenoxy) is 1. The molecule has 0 radical (unpaired) electrons. The van der Waals surface area contributed by atoms with E-state index in [1.165, 1.54) is 9.58 Å². The monoisotopic (exact) mass is 550 g/mol. The number of carbonyl (C=O) groups excluding carboxylic acids is 1. The first-order valence-corrected chi connectivity index (χ1v) is 12.6. The first kappa shape index (κ1) is 26.6. The minimum atomic E-state index is -5.66. The summed E-state index contributed by atoms with van der Waals surface area (Å²) in [5, 5.41) is 7.76. The predicted octanol–water partition coefficient (Wildman–Crippen LogP) is 2.98. The fourth-order valence-corrected chi connectivity index (χ4v) is 5.00. The molecule has 0 bridgehead atoms. The van der Waals surface area contributed by atoms with Crippen molar-refractivity contribution in [2.24, 2.45) is 5.10 Å². The Morgan fingerprint density at radius 1 is 1.14 bits per heavy atom. The van der Waals surface area contributed by atoms with Crippen LogP contribution in [0.25, 0.3) is 0 Å². The second-order valence-corrected chi connectivity index (χ2v) is 10.1. The van der Waals surface area contributed by atoms with Gasteiger partial charge in [0.1, 0.15) is 17.2 Å². The molecule has 1 amide bonds. The lowest BCUT2D eigenvalue weighted by molar-refractivity contribution is -0.0477. The SMILES string of the molecule is COC1=NN(c2ccc(CNC(=O)c3c(C(F)F)nc4n3CCCC4)cc2)CCN1S(=O)(=O)C(F)(F)F. The number of carbonyl (C=O) groups is 1. The van der Waals surface area contributed by atoms with Crippen molar-refractivity contribution in [1.82, 2.24) is 19.2 Å². The molecule has 16 heteroatoms. The van der Waals surface area contributed by atoms with E-state index < -0.39 is 46.1 Å². The molecule has 1 aromatic heterocycles. The topological polar surface area (TPSA) is 109 Å². The molecule has 4 rings (SSSR count). The molecule has 10 nitrogen and oxygen atoms in total. The number of aryl methyl sites for hydroxylation is 1. The maximum Gasteiger partial charge on any atom is 0.516 e. The number of hydrazone groups is 1. The summed E-state index contributed by atoms with van der Waals surface area (Å²) < 4.78 is 95.6. The largest absolute Gasteiger partial charge is 0.516 e. The van der Waals surface area contributed by atoms with Gasteiger partial charge in [0.25, 0.3) is 12.3 Å². The third kappa shape index (κ3) is 5.19. The van der Waals surface area contributed by atoms with Crippen molar-refractivity contribution in [2.45, 2.75) is 44.3 Å². The van der Waals surface area contributed by atoms with Gasteiger partial charge in [-0.15, -0.1) is 5.10 Å². The van der Waals surface area contributed by atoms with Gasteiger partial charge in [-0.2, -0.15) is 21.6 Å². The number of nitrogens with zero attached hydrogens (tertiary/aromatic N) is 5. The summed E-state index contributed by atoms with van der Waals surface area (Å²) in [5.41, 5.74) is -5.15. The molecular weight excluding hydrogens is 527 g/mol. The van der Waals surface area contributed by atoms with E-state index in [1.807, 2.05) is 0 Å². The molecule has 202 valence electrons. The number of fused-ring (bicyclic) bond motifs is 1. The quantitative estimate of drug-likeness (QED) is 0.554. The van der Waals surface area contributed by atoms with Gasteiger partial charge in [0, 0.05) is 19.5 Å². The van der Waals surface area contributed by atoms with Gasteiger partial charge < -0.3 is 14.6 Å². The number of nitrogens with one attached hydrogen (secondary N) is 1. The number of anilines is 1. The second kappa shape index (κ2) is 10.1. The summed E-state index contributed by atoms with van der Waals surface area (Å²) in [6, 6.07) is 5.61. The van der Waals surface area contributed by atoms with E-state index in [0.717, 1.165) is 20.0 Å². The summed E-state index contributed by atoms with van der Waals surface area (Å²) >= 11 is 0. The van der Waals surface area contributed by atoms with Crippen molar-refractivity contribution in [3.05, 3.63) is 47.0 Å². The first-order valence-electron chi connectivity index (χ1n) is 11.2. The van der Waals surface area contributed by atoms with Gasteiger partial charge in [0.15, 0.2) is 0 Å². The molecule has 2 aliphatic heterocycles. The fourth-order valence-electron chi connectivity index (χ4n) is 4.11. The second-order valence-electron chi connectivity index (χ2n) is 8.25. The molecule has 0 atom stereocenters. The number of halogens is 5. The Morgan fingerprint density at radius 3 is 2.46 bits per heavy atom. The van der Waals surface area contributed by atoms with Crippen molar-refractivity contribution in [3.63, 3.8) is 0 Å². The maximum absolute atomic E-state index is 13.5. The number of aromatic nitrogens is 2. The fraction of sp³-hybridized carbons (Fsp3) is 0.476. The lowest BCUT2D eigenvalue weighted by atomic mass is 10.1. The highest BCUT2D eigenvalue weighted by atomic mass is 32.2. The number of hydrogen-bond acceptors (Lipinski definition) is 7. The summed E-state index contributed by atoms with van der Waals surface area (Å²) in [5.74, 6) is -0.202. The van der Waals surface area contributed by atoms with E-state index in [9.17, 15) is 35.2 Å². The average Bonchev–Trinajstić information content (AvgIpc) is 3.27. The molecule has 1 aromatic carbocycles. The van der Waals surface area contributed by atoms with Gasteiger partial charge in [-0.25, -0.2) is 18.1 Å². The van der Waals surface area contributed by atoms with Gasteiger partial charge in [-0.05, 0) is 30.5 Å². The predicted molar refractivity (Wildman–Crippen MR) is 121 cm³/mol. The van der Waals surface area contributed by atoms with Crippen LogP contribution in [0.4, 0.5) is 27.6 Å². The van der Waals surface area contributed by atoms with Crippen molar-refractivity contribution in [3.8, 4) is 0 Å². The Morgan fingerprint density at radius 2 is 1.84 bits per heavy atom. The number of methoxy groups -OCH3 is 1. The number of amides is 1. The van der Waals surface area contributed by atoms with Crippen LogP contribution in [0.5, 0.6) is 0 Å². The number of benzene rings is 1. The number of imidazole rings is 1. The first-order chi connectivity index (χ1) is 17.4. The van der Waals surface area contributed by atoms with Crippen LogP contribution in [0.3, 0.4) is 0 Å². The number of alkyl halides is 5. The van der Waals surface area contributed by atoms with E-state index in [0.29, 0.717) is 30.0 Å². The Labute approximate surface area is 208 Å². The van der Waals surface area contributed by atoms with Gasteiger partial charge in [-0.1, -0.05) is 12.1 Å². The van der Waals surface area contributed by atoms with Gasteiger partial charge >= 0.3 is 21.6 Å². The molecule has 0 unspecified atom stereocenters. The molecule has 0 saturated heterocycles. The molecule has 3 heterocycles. The lowest BCUT2D eigenvalue weighted by Crippen LogP contribution is -2.51. The molecule has 1 N–H and O–H groups in total. The Hall–Kier alpha value is -3.43. The Bertz CT molecular complexity index is 1290. The van der Waals surface area contributed by atoms with Crippen LogP contribution in [-0.4, -0.2) is 59.9 Å². The maximum atomic E-state index is 13.5. The minimum Gasteiger partial charge on any atom is -0.467 e. The molecule has 0 aliphatic carbocycles. The van der Waals surface area contributed by atoms with Gasteiger partial charge in [0.05, 0.1) is 25.9 Å². The number of rotatable bonds is 6. The molecule has 37 heavy (non-hydrogen) atoms. The van der Waals surface area contributed by atoms with E-state index in [4.69, 9.17) is 4.74 Å². The Kier molecular flexibility index (Phi) is 7.30. The molecule has 0 spiro atoms.